The van der Waals surface area contributed by atoms with E-state index in [-0.39, 0.29) is 0 Å². The fourth-order valence-corrected chi connectivity index (χ4v) is 2.19. The van der Waals surface area contributed by atoms with Crippen LogP contribution in [0.2, 0.25) is 5.02 Å². The molecule has 0 heterocycles. The first-order valence-corrected chi connectivity index (χ1v) is 7.79. The summed E-state index contributed by atoms with van der Waals surface area (Å²) in [5.41, 5.74) is 6.24. The second-order valence-corrected chi connectivity index (χ2v) is 5.41. The summed E-state index contributed by atoms with van der Waals surface area (Å²) >= 11 is 5.93. The third-order valence-electron chi connectivity index (χ3n) is 3.24. The number of hydrogen-bond acceptors (Lipinski definition) is 2. The first-order chi connectivity index (χ1) is 9.24. The van der Waals surface area contributed by atoms with Crippen LogP contribution in [0, 0.1) is 0 Å². The van der Waals surface area contributed by atoms with Gasteiger partial charge in [-0.1, -0.05) is 63.5 Å². The van der Waals surface area contributed by atoms with E-state index in [0.29, 0.717) is 10.7 Å². The molecule has 2 N–H and O–H groups in total. The Kier molecular flexibility index (Phi) is 8.48. The fourth-order valence-electron chi connectivity index (χ4n) is 2.02. The van der Waals surface area contributed by atoms with Crippen molar-refractivity contribution in [3.8, 4) is 5.75 Å². The molecule has 0 saturated carbocycles. The Balaban J connectivity index is 2.00. The lowest BCUT2D eigenvalue weighted by atomic mass is 10.1. The molecule has 1 aromatic carbocycles. The van der Waals surface area contributed by atoms with Gasteiger partial charge in [0.15, 0.2) is 0 Å². The number of rotatable bonds is 10. The van der Waals surface area contributed by atoms with E-state index in [0.717, 1.165) is 18.8 Å². The smallest absolute Gasteiger partial charge is 0.120 e. The Bertz CT molecular complexity index is 355. The number of nitrogen functional groups attached to an aromatic ring is 1. The van der Waals surface area contributed by atoms with Crippen LogP contribution in [0.3, 0.4) is 0 Å². The van der Waals surface area contributed by atoms with Gasteiger partial charge in [0.05, 0.1) is 17.3 Å². The maximum Gasteiger partial charge on any atom is 0.120 e. The minimum atomic E-state index is 0.563. The van der Waals surface area contributed by atoms with Crippen LogP contribution in [-0.4, -0.2) is 6.61 Å². The van der Waals surface area contributed by atoms with Gasteiger partial charge in [-0.15, -0.1) is 0 Å². The summed E-state index contributed by atoms with van der Waals surface area (Å²) in [6.45, 7) is 3.01. The minimum absolute atomic E-state index is 0.563. The van der Waals surface area contributed by atoms with E-state index in [9.17, 15) is 0 Å². The number of benzene rings is 1. The summed E-state index contributed by atoms with van der Waals surface area (Å²) in [7, 11) is 0. The van der Waals surface area contributed by atoms with Crippen LogP contribution in [0.25, 0.3) is 0 Å². The molecule has 0 saturated heterocycles. The lowest BCUT2D eigenvalue weighted by molar-refractivity contribution is 0.304. The predicted octanol–water partition coefficient (Wildman–Crippen LogP) is 5.44. The molecule has 0 amide bonds. The summed E-state index contributed by atoms with van der Waals surface area (Å²) < 4.78 is 5.65. The third kappa shape index (κ3) is 7.31. The Labute approximate surface area is 122 Å². The average molecular weight is 284 g/mol. The van der Waals surface area contributed by atoms with Gasteiger partial charge in [-0.3, -0.25) is 0 Å². The van der Waals surface area contributed by atoms with Crippen LogP contribution in [0.5, 0.6) is 5.75 Å². The number of unbranched alkanes of at least 4 members (excludes halogenated alkanes) is 7. The van der Waals surface area contributed by atoms with Gasteiger partial charge in [-0.05, 0) is 18.6 Å². The lowest BCUT2D eigenvalue weighted by Gasteiger charge is -2.07. The molecule has 0 fully saturated rings. The maximum atomic E-state index is 5.93. The zero-order valence-corrected chi connectivity index (χ0v) is 12.7. The van der Waals surface area contributed by atoms with Crippen molar-refractivity contribution in [1.29, 1.82) is 0 Å². The molecule has 3 heteroatoms. The highest BCUT2D eigenvalue weighted by molar-refractivity contribution is 6.33. The molecule has 1 aromatic rings. The quantitative estimate of drug-likeness (QED) is 0.458. The van der Waals surface area contributed by atoms with Crippen molar-refractivity contribution < 1.29 is 4.74 Å². The van der Waals surface area contributed by atoms with Gasteiger partial charge in [0.25, 0.3) is 0 Å². The summed E-state index contributed by atoms with van der Waals surface area (Å²) in [5, 5.41) is 0.563. The van der Waals surface area contributed by atoms with Gasteiger partial charge < -0.3 is 10.5 Å². The number of hydrogen-bond donors (Lipinski definition) is 1. The van der Waals surface area contributed by atoms with Crippen LogP contribution in [-0.2, 0) is 0 Å². The van der Waals surface area contributed by atoms with Crippen LogP contribution in [0.15, 0.2) is 18.2 Å². The van der Waals surface area contributed by atoms with Crippen LogP contribution >= 0.6 is 11.6 Å². The second-order valence-electron chi connectivity index (χ2n) is 5.01. The van der Waals surface area contributed by atoms with E-state index < -0.39 is 0 Å². The van der Waals surface area contributed by atoms with E-state index in [1.165, 1.54) is 44.9 Å². The molecule has 0 aliphatic carbocycles. The van der Waals surface area contributed by atoms with Gasteiger partial charge >= 0.3 is 0 Å². The molecule has 0 radical (unpaired) electrons. The Morgan fingerprint density at radius 3 is 2.26 bits per heavy atom. The Hall–Kier alpha value is -0.890. The van der Waals surface area contributed by atoms with Crippen LogP contribution in [0.1, 0.15) is 58.3 Å². The number of nitrogens with two attached hydrogens (primary N) is 1. The van der Waals surface area contributed by atoms with Crippen molar-refractivity contribution in [1.82, 2.24) is 0 Å². The Morgan fingerprint density at radius 2 is 1.63 bits per heavy atom. The highest BCUT2D eigenvalue weighted by atomic mass is 35.5. The maximum absolute atomic E-state index is 5.93. The summed E-state index contributed by atoms with van der Waals surface area (Å²) in [6, 6.07) is 5.43. The van der Waals surface area contributed by atoms with Gasteiger partial charge in [0.2, 0.25) is 0 Å². The van der Waals surface area contributed by atoms with E-state index >= 15 is 0 Å². The molecule has 0 aliphatic heterocycles. The molecule has 0 bridgehead atoms. The first kappa shape index (κ1) is 16.2. The first-order valence-electron chi connectivity index (χ1n) is 7.42. The van der Waals surface area contributed by atoms with Gasteiger partial charge in [0.1, 0.15) is 5.75 Å². The third-order valence-corrected chi connectivity index (χ3v) is 3.57. The number of anilines is 1. The lowest BCUT2D eigenvalue weighted by Crippen LogP contribution is -1.98. The standard InChI is InChI=1S/C16H26ClNO/c1-2-3-4-5-6-7-8-9-12-19-14-10-11-16(18)15(17)13-14/h10-11,13H,2-9,12,18H2,1H3. The molecular formula is C16H26ClNO. The summed E-state index contributed by atoms with van der Waals surface area (Å²) in [6.07, 6.45) is 10.5. The SMILES string of the molecule is CCCCCCCCCCOc1ccc(N)c(Cl)c1. The monoisotopic (exact) mass is 283 g/mol. The van der Waals surface area contributed by atoms with Gasteiger partial charge in [-0.25, -0.2) is 0 Å². The fraction of sp³-hybridized carbons (Fsp3) is 0.625. The van der Waals surface area contributed by atoms with E-state index in [2.05, 4.69) is 6.92 Å². The predicted molar refractivity (Wildman–Crippen MR) is 84.0 cm³/mol. The van der Waals surface area contributed by atoms with Crippen molar-refractivity contribution >= 4 is 17.3 Å². The van der Waals surface area contributed by atoms with Crippen molar-refractivity contribution in [2.24, 2.45) is 0 Å². The molecule has 1 rings (SSSR count). The Morgan fingerprint density at radius 1 is 1.00 bits per heavy atom. The molecule has 0 unspecified atom stereocenters. The normalized spacial score (nSPS) is 10.6. The van der Waals surface area contributed by atoms with E-state index in [1.54, 1.807) is 12.1 Å². The van der Waals surface area contributed by atoms with Crippen molar-refractivity contribution in [2.45, 2.75) is 58.3 Å². The molecule has 108 valence electrons. The zero-order chi connectivity index (χ0) is 13.9. The summed E-state index contributed by atoms with van der Waals surface area (Å²) in [4.78, 5) is 0. The van der Waals surface area contributed by atoms with Gasteiger partial charge in [0, 0.05) is 6.07 Å². The van der Waals surface area contributed by atoms with E-state index in [1.807, 2.05) is 6.07 Å². The topological polar surface area (TPSA) is 35.2 Å². The molecule has 0 atom stereocenters. The zero-order valence-electron chi connectivity index (χ0n) is 12.0. The van der Waals surface area contributed by atoms with Crippen molar-refractivity contribution in [2.75, 3.05) is 12.3 Å². The molecule has 0 aromatic heterocycles. The van der Waals surface area contributed by atoms with Crippen molar-refractivity contribution in [3.05, 3.63) is 23.2 Å². The highest BCUT2D eigenvalue weighted by Crippen LogP contribution is 2.24. The molecule has 2 nitrogen and oxygen atoms in total. The second kappa shape index (κ2) is 9.96. The minimum Gasteiger partial charge on any atom is -0.494 e. The van der Waals surface area contributed by atoms with Crippen LogP contribution < -0.4 is 10.5 Å². The van der Waals surface area contributed by atoms with Crippen LogP contribution in [0.4, 0.5) is 5.69 Å². The molecule has 19 heavy (non-hydrogen) atoms. The average Bonchev–Trinajstić information content (AvgIpc) is 2.41. The van der Waals surface area contributed by atoms with E-state index in [4.69, 9.17) is 22.1 Å². The number of halogens is 1. The molecular weight excluding hydrogens is 258 g/mol. The largest absolute Gasteiger partial charge is 0.494 e. The molecule has 0 spiro atoms. The molecule has 0 aliphatic rings. The van der Waals surface area contributed by atoms with Crippen molar-refractivity contribution in [3.63, 3.8) is 0 Å². The summed E-state index contributed by atoms with van der Waals surface area (Å²) in [5.74, 6) is 0.808. The highest BCUT2D eigenvalue weighted by Gasteiger charge is 1.99. The number of ether oxygens (including phenoxy) is 1. The van der Waals surface area contributed by atoms with Gasteiger partial charge in [-0.2, -0.15) is 0 Å².